The normalized spacial score (nSPS) is 18.1. The monoisotopic (exact) mass is 315 g/mol. The summed E-state index contributed by atoms with van der Waals surface area (Å²) in [5.41, 5.74) is 0.144. The molecule has 9 heteroatoms. The number of nitrogens with one attached hydrogen (secondary N) is 1. The van der Waals surface area contributed by atoms with Gasteiger partial charge in [0.2, 0.25) is 11.8 Å². The van der Waals surface area contributed by atoms with Gasteiger partial charge in [0.05, 0.1) is 10.9 Å². The minimum absolute atomic E-state index is 0.163. The van der Waals surface area contributed by atoms with Gasteiger partial charge in [-0.1, -0.05) is 6.07 Å². The van der Waals surface area contributed by atoms with Crippen molar-refractivity contribution in [2.24, 2.45) is 0 Å². The number of fused-ring (bicyclic) bond motifs is 1. The standard InChI is InChI=1S/C14H14BN3O5/c1-7-16-10-6-8(15(22)23)2-3-9(10)14(21)18(7)11-4-5-12(19)17-13(11)20/h2-3,6,11,22-23H,4-5H2,1H3,(H,17,19,20). The number of piperidine rings is 1. The summed E-state index contributed by atoms with van der Waals surface area (Å²) in [5, 5.41) is 20.9. The van der Waals surface area contributed by atoms with Gasteiger partial charge in [-0.15, -0.1) is 0 Å². The Labute approximate surface area is 130 Å². The molecule has 1 saturated heterocycles. The Kier molecular flexibility index (Phi) is 3.74. The van der Waals surface area contributed by atoms with E-state index in [2.05, 4.69) is 10.3 Å². The van der Waals surface area contributed by atoms with E-state index in [-0.39, 0.29) is 29.6 Å². The van der Waals surface area contributed by atoms with E-state index in [1.807, 2.05) is 0 Å². The highest BCUT2D eigenvalue weighted by molar-refractivity contribution is 6.58. The van der Waals surface area contributed by atoms with E-state index in [1.165, 1.54) is 22.8 Å². The zero-order chi connectivity index (χ0) is 16.7. The maximum atomic E-state index is 12.7. The maximum absolute atomic E-state index is 12.7. The van der Waals surface area contributed by atoms with Crippen LogP contribution in [0.3, 0.4) is 0 Å². The Balaban J connectivity index is 2.15. The SMILES string of the molecule is Cc1nc2cc(B(O)O)ccc2c(=O)n1C1CCC(=O)NC1=O. The molecule has 2 amide bonds. The third-order valence-corrected chi connectivity index (χ3v) is 3.92. The molecule has 1 aromatic carbocycles. The lowest BCUT2D eigenvalue weighted by Crippen LogP contribution is -2.45. The number of hydrogen-bond acceptors (Lipinski definition) is 6. The molecule has 1 aromatic heterocycles. The predicted octanol–water partition coefficient (Wildman–Crippen LogP) is -1.64. The molecule has 8 nitrogen and oxygen atoms in total. The summed E-state index contributed by atoms with van der Waals surface area (Å²) in [7, 11) is -1.65. The van der Waals surface area contributed by atoms with Crippen molar-refractivity contribution in [2.75, 3.05) is 0 Å². The first-order valence-electron chi connectivity index (χ1n) is 7.11. The minimum Gasteiger partial charge on any atom is -0.423 e. The molecule has 0 spiro atoms. The average Bonchev–Trinajstić information content (AvgIpc) is 2.48. The predicted molar refractivity (Wildman–Crippen MR) is 82.0 cm³/mol. The quantitative estimate of drug-likeness (QED) is 0.451. The number of rotatable bonds is 2. The van der Waals surface area contributed by atoms with Gasteiger partial charge in [-0.2, -0.15) is 0 Å². The van der Waals surface area contributed by atoms with Gasteiger partial charge in [0.1, 0.15) is 11.9 Å². The molecule has 0 bridgehead atoms. The fraction of sp³-hybridized carbons (Fsp3) is 0.286. The van der Waals surface area contributed by atoms with Crippen LogP contribution in [0.1, 0.15) is 24.7 Å². The molecule has 23 heavy (non-hydrogen) atoms. The van der Waals surface area contributed by atoms with Crippen LogP contribution in [0.2, 0.25) is 0 Å². The van der Waals surface area contributed by atoms with Crippen LogP contribution in [0, 0.1) is 6.92 Å². The number of aryl methyl sites for hydroxylation is 1. The number of amides is 2. The van der Waals surface area contributed by atoms with E-state index >= 15 is 0 Å². The van der Waals surface area contributed by atoms with Crippen molar-refractivity contribution in [3.63, 3.8) is 0 Å². The maximum Gasteiger partial charge on any atom is 0.488 e. The molecule has 0 aliphatic carbocycles. The molecule has 118 valence electrons. The highest BCUT2D eigenvalue weighted by atomic mass is 16.4. The lowest BCUT2D eigenvalue weighted by Gasteiger charge is -2.24. The summed E-state index contributed by atoms with van der Waals surface area (Å²) in [6.07, 6.45) is 0.405. The van der Waals surface area contributed by atoms with Gasteiger partial charge < -0.3 is 10.0 Å². The van der Waals surface area contributed by atoms with Gasteiger partial charge in [-0.25, -0.2) is 4.98 Å². The van der Waals surface area contributed by atoms with E-state index < -0.39 is 24.6 Å². The summed E-state index contributed by atoms with van der Waals surface area (Å²) in [6.45, 7) is 1.59. The highest BCUT2D eigenvalue weighted by Gasteiger charge is 2.30. The number of aromatic nitrogens is 2. The Hall–Kier alpha value is -2.52. The van der Waals surface area contributed by atoms with Crippen LogP contribution in [-0.4, -0.2) is 38.5 Å². The fourth-order valence-electron chi connectivity index (χ4n) is 2.78. The Morgan fingerprint density at radius 1 is 1.30 bits per heavy atom. The van der Waals surface area contributed by atoms with E-state index in [0.717, 1.165) is 0 Å². The number of imide groups is 1. The van der Waals surface area contributed by atoms with Crippen molar-refractivity contribution in [2.45, 2.75) is 25.8 Å². The summed E-state index contributed by atoms with van der Waals surface area (Å²) < 4.78 is 1.28. The van der Waals surface area contributed by atoms with Crippen molar-refractivity contribution in [3.05, 3.63) is 34.4 Å². The number of hydrogen-bond donors (Lipinski definition) is 3. The second kappa shape index (κ2) is 5.60. The van der Waals surface area contributed by atoms with Crippen LogP contribution in [0.25, 0.3) is 10.9 Å². The van der Waals surface area contributed by atoms with Gasteiger partial charge in [0.15, 0.2) is 0 Å². The number of benzene rings is 1. The van der Waals surface area contributed by atoms with Crippen molar-refractivity contribution in [1.82, 2.24) is 14.9 Å². The van der Waals surface area contributed by atoms with E-state index in [1.54, 1.807) is 6.92 Å². The van der Waals surface area contributed by atoms with Crippen molar-refractivity contribution in [1.29, 1.82) is 0 Å². The molecule has 2 aromatic rings. The number of carbonyl (C=O) groups excluding carboxylic acids is 2. The largest absolute Gasteiger partial charge is 0.488 e. The molecule has 1 unspecified atom stereocenters. The molecule has 2 heterocycles. The molecular weight excluding hydrogens is 301 g/mol. The topological polar surface area (TPSA) is 122 Å². The molecule has 0 radical (unpaired) electrons. The summed E-state index contributed by atoms with van der Waals surface area (Å²) >= 11 is 0. The van der Waals surface area contributed by atoms with E-state index in [4.69, 9.17) is 0 Å². The van der Waals surface area contributed by atoms with Gasteiger partial charge in [-0.3, -0.25) is 24.3 Å². The summed E-state index contributed by atoms with van der Waals surface area (Å²) in [6, 6.07) is 3.50. The zero-order valence-electron chi connectivity index (χ0n) is 12.3. The van der Waals surface area contributed by atoms with Crippen LogP contribution in [0.5, 0.6) is 0 Å². The third-order valence-electron chi connectivity index (χ3n) is 3.92. The van der Waals surface area contributed by atoms with E-state index in [9.17, 15) is 24.4 Å². The molecule has 1 fully saturated rings. The number of nitrogens with zero attached hydrogens (tertiary/aromatic N) is 2. The van der Waals surface area contributed by atoms with Crippen molar-refractivity contribution >= 4 is 35.3 Å². The summed E-state index contributed by atoms with van der Waals surface area (Å²) in [4.78, 5) is 40.2. The van der Waals surface area contributed by atoms with Crippen LogP contribution >= 0.6 is 0 Å². The summed E-state index contributed by atoms with van der Waals surface area (Å²) in [5.74, 6) is -0.552. The van der Waals surface area contributed by atoms with Crippen molar-refractivity contribution in [3.8, 4) is 0 Å². The Morgan fingerprint density at radius 2 is 2.04 bits per heavy atom. The van der Waals surface area contributed by atoms with Gasteiger partial charge >= 0.3 is 7.12 Å². The zero-order valence-corrected chi connectivity index (χ0v) is 12.3. The second-order valence-corrected chi connectivity index (χ2v) is 5.45. The molecule has 3 N–H and O–H groups in total. The van der Waals surface area contributed by atoms with Gasteiger partial charge in [-0.05, 0) is 30.9 Å². The lowest BCUT2D eigenvalue weighted by molar-refractivity contribution is -0.135. The molecular formula is C14H14BN3O5. The number of carbonyl (C=O) groups is 2. The van der Waals surface area contributed by atoms with Crippen LogP contribution in [0.15, 0.2) is 23.0 Å². The van der Waals surface area contributed by atoms with Crippen LogP contribution in [0.4, 0.5) is 0 Å². The van der Waals surface area contributed by atoms with Crippen molar-refractivity contribution < 1.29 is 19.6 Å². The Bertz CT molecular complexity index is 877. The molecule has 1 atom stereocenters. The first-order chi connectivity index (χ1) is 10.9. The first-order valence-corrected chi connectivity index (χ1v) is 7.11. The molecule has 1 aliphatic rings. The van der Waals surface area contributed by atoms with Crippen LogP contribution < -0.4 is 16.3 Å². The third kappa shape index (κ3) is 2.64. The minimum atomic E-state index is -1.65. The van der Waals surface area contributed by atoms with Gasteiger partial charge in [0.25, 0.3) is 5.56 Å². The smallest absolute Gasteiger partial charge is 0.423 e. The highest BCUT2D eigenvalue weighted by Crippen LogP contribution is 2.19. The Morgan fingerprint density at radius 3 is 2.70 bits per heavy atom. The second-order valence-electron chi connectivity index (χ2n) is 5.45. The average molecular weight is 315 g/mol. The fourth-order valence-corrected chi connectivity index (χ4v) is 2.78. The molecule has 3 rings (SSSR count). The van der Waals surface area contributed by atoms with Gasteiger partial charge in [0, 0.05) is 6.42 Å². The molecule has 0 saturated carbocycles. The van der Waals surface area contributed by atoms with Crippen LogP contribution in [-0.2, 0) is 9.59 Å². The lowest BCUT2D eigenvalue weighted by atomic mass is 9.80. The first kappa shape index (κ1) is 15.4. The van der Waals surface area contributed by atoms with E-state index in [0.29, 0.717) is 11.3 Å². The molecule has 1 aliphatic heterocycles.